The summed E-state index contributed by atoms with van der Waals surface area (Å²) in [6.45, 7) is 0. The minimum absolute atomic E-state index is 0.0163. The lowest BCUT2D eigenvalue weighted by Crippen LogP contribution is -2.03. The Morgan fingerprint density at radius 2 is 1.86 bits per heavy atom. The smallest absolute Gasteiger partial charge is 0.174 e. The normalized spacial score (nSPS) is 10.7. The van der Waals surface area contributed by atoms with E-state index in [0.717, 1.165) is 15.8 Å². The molecule has 3 rings (SSSR count). The molecule has 0 spiro atoms. The molecule has 21 heavy (non-hydrogen) atoms. The highest BCUT2D eigenvalue weighted by Gasteiger charge is 2.08. The van der Waals surface area contributed by atoms with Crippen molar-refractivity contribution >= 4 is 28.4 Å². The van der Waals surface area contributed by atoms with Crippen molar-refractivity contribution in [2.75, 3.05) is 5.75 Å². The highest BCUT2D eigenvalue weighted by atomic mass is 32.2. The van der Waals surface area contributed by atoms with E-state index in [0.29, 0.717) is 11.3 Å². The van der Waals surface area contributed by atoms with Crippen LogP contribution in [0.15, 0.2) is 65.7 Å². The molecule has 2 aromatic carbocycles. The molecule has 0 radical (unpaired) electrons. The number of pyridine rings is 1. The van der Waals surface area contributed by atoms with Crippen molar-refractivity contribution in [3.8, 4) is 0 Å². The Morgan fingerprint density at radius 1 is 1.10 bits per heavy atom. The lowest BCUT2D eigenvalue weighted by atomic mass is 10.1. The van der Waals surface area contributed by atoms with Gasteiger partial charge in [-0.1, -0.05) is 18.2 Å². The van der Waals surface area contributed by atoms with Gasteiger partial charge in [0.25, 0.3) is 0 Å². The SMILES string of the molecule is O=C(CSc1ccc(F)cc1)c1cnc2ccccc2c1. The van der Waals surface area contributed by atoms with Gasteiger partial charge >= 0.3 is 0 Å². The molecule has 2 nitrogen and oxygen atoms in total. The van der Waals surface area contributed by atoms with Crippen LogP contribution in [0.4, 0.5) is 4.39 Å². The predicted octanol–water partition coefficient (Wildman–Crippen LogP) is 4.35. The van der Waals surface area contributed by atoms with Crippen LogP contribution in [-0.4, -0.2) is 16.5 Å². The molecule has 0 aliphatic carbocycles. The van der Waals surface area contributed by atoms with E-state index in [1.807, 2.05) is 30.3 Å². The average Bonchev–Trinajstić information content (AvgIpc) is 2.53. The fourth-order valence-corrected chi connectivity index (χ4v) is 2.78. The van der Waals surface area contributed by atoms with Crippen molar-refractivity contribution in [2.24, 2.45) is 0 Å². The maximum atomic E-state index is 12.8. The van der Waals surface area contributed by atoms with Gasteiger partial charge in [-0.3, -0.25) is 9.78 Å². The maximum absolute atomic E-state index is 12.8. The van der Waals surface area contributed by atoms with Gasteiger partial charge in [0.05, 0.1) is 11.3 Å². The standard InChI is InChI=1S/C17H12FNOS/c18-14-5-7-15(8-6-14)21-11-17(20)13-9-12-3-1-2-4-16(12)19-10-13/h1-10H,11H2. The summed E-state index contributed by atoms with van der Waals surface area (Å²) in [4.78, 5) is 17.4. The van der Waals surface area contributed by atoms with E-state index >= 15 is 0 Å². The molecular formula is C17H12FNOS. The van der Waals surface area contributed by atoms with Gasteiger partial charge in [-0.15, -0.1) is 11.8 Å². The van der Waals surface area contributed by atoms with E-state index < -0.39 is 0 Å². The Kier molecular flexibility index (Phi) is 3.97. The van der Waals surface area contributed by atoms with E-state index in [2.05, 4.69) is 4.98 Å². The van der Waals surface area contributed by atoms with E-state index in [9.17, 15) is 9.18 Å². The zero-order chi connectivity index (χ0) is 14.7. The summed E-state index contributed by atoms with van der Waals surface area (Å²) in [5, 5.41) is 0.954. The minimum Gasteiger partial charge on any atom is -0.293 e. The number of carbonyl (C=O) groups excluding carboxylic acids is 1. The molecule has 3 aromatic rings. The van der Waals surface area contributed by atoms with Crippen molar-refractivity contribution in [2.45, 2.75) is 4.90 Å². The van der Waals surface area contributed by atoms with Crippen LogP contribution >= 0.6 is 11.8 Å². The monoisotopic (exact) mass is 297 g/mol. The third-order valence-corrected chi connectivity index (χ3v) is 4.11. The Labute approximate surface area is 126 Å². The number of thioether (sulfide) groups is 1. The number of ketones is 1. The van der Waals surface area contributed by atoms with Crippen LogP contribution < -0.4 is 0 Å². The number of fused-ring (bicyclic) bond motifs is 1. The van der Waals surface area contributed by atoms with E-state index in [1.54, 1.807) is 18.3 Å². The number of para-hydroxylation sites is 1. The van der Waals surface area contributed by atoms with E-state index in [1.165, 1.54) is 23.9 Å². The predicted molar refractivity (Wildman–Crippen MR) is 83.2 cm³/mol. The van der Waals surface area contributed by atoms with Crippen LogP contribution in [0, 0.1) is 5.82 Å². The number of halogens is 1. The van der Waals surface area contributed by atoms with Crippen LogP contribution in [0.2, 0.25) is 0 Å². The lowest BCUT2D eigenvalue weighted by Gasteiger charge is -2.03. The third kappa shape index (κ3) is 3.28. The summed E-state index contributed by atoms with van der Waals surface area (Å²) >= 11 is 1.39. The summed E-state index contributed by atoms with van der Waals surface area (Å²) in [7, 11) is 0. The first-order valence-corrected chi connectivity index (χ1v) is 7.47. The van der Waals surface area contributed by atoms with Crippen LogP contribution in [0.3, 0.4) is 0 Å². The van der Waals surface area contributed by atoms with Gasteiger partial charge in [0.15, 0.2) is 5.78 Å². The number of hydrogen-bond acceptors (Lipinski definition) is 3. The first kappa shape index (κ1) is 13.8. The van der Waals surface area contributed by atoms with Gasteiger partial charge < -0.3 is 0 Å². The largest absolute Gasteiger partial charge is 0.293 e. The molecule has 0 aliphatic rings. The highest BCUT2D eigenvalue weighted by molar-refractivity contribution is 8.00. The van der Waals surface area contributed by atoms with E-state index in [-0.39, 0.29) is 11.6 Å². The topological polar surface area (TPSA) is 30.0 Å². The van der Waals surface area contributed by atoms with Crippen LogP contribution in [0.25, 0.3) is 10.9 Å². The zero-order valence-electron chi connectivity index (χ0n) is 11.1. The van der Waals surface area contributed by atoms with Crippen LogP contribution in [0.5, 0.6) is 0 Å². The number of carbonyl (C=O) groups is 1. The molecule has 1 heterocycles. The summed E-state index contributed by atoms with van der Waals surface area (Å²) in [5.74, 6) is 0.0537. The average molecular weight is 297 g/mol. The molecule has 0 atom stereocenters. The van der Waals surface area contributed by atoms with Crippen LogP contribution in [-0.2, 0) is 0 Å². The Hall–Kier alpha value is -2.20. The second-order valence-corrected chi connectivity index (χ2v) is 5.63. The van der Waals surface area contributed by atoms with Gasteiger partial charge in [-0.25, -0.2) is 4.39 Å². The van der Waals surface area contributed by atoms with Crippen molar-refractivity contribution in [3.05, 3.63) is 72.2 Å². The summed E-state index contributed by atoms with van der Waals surface area (Å²) in [6.07, 6.45) is 1.61. The molecule has 0 amide bonds. The lowest BCUT2D eigenvalue weighted by molar-refractivity contribution is 0.102. The molecule has 0 aliphatic heterocycles. The summed E-state index contributed by atoms with van der Waals surface area (Å²) < 4.78 is 12.8. The summed E-state index contributed by atoms with van der Waals surface area (Å²) in [6, 6.07) is 15.7. The second-order valence-electron chi connectivity index (χ2n) is 4.58. The first-order valence-electron chi connectivity index (χ1n) is 6.49. The number of hydrogen-bond donors (Lipinski definition) is 0. The third-order valence-electron chi connectivity index (χ3n) is 3.10. The maximum Gasteiger partial charge on any atom is 0.174 e. The Morgan fingerprint density at radius 3 is 2.67 bits per heavy atom. The van der Waals surface area contributed by atoms with E-state index in [4.69, 9.17) is 0 Å². The summed E-state index contributed by atoms with van der Waals surface area (Å²) in [5.41, 5.74) is 1.48. The van der Waals surface area contributed by atoms with Gasteiger partial charge in [0.2, 0.25) is 0 Å². The van der Waals surface area contributed by atoms with Crippen molar-refractivity contribution in [1.82, 2.24) is 4.98 Å². The number of aromatic nitrogens is 1. The molecule has 0 bridgehead atoms. The van der Waals surface area contributed by atoms with Gasteiger partial charge in [0, 0.05) is 22.0 Å². The van der Waals surface area contributed by atoms with Crippen molar-refractivity contribution < 1.29 is 9.18 Å². The van der Waals surface area contributed by atoms with Crippen molar-refractivity contribution in [1.29, 1.82) is 0 Å². The fourth-order valence-electron chi connectivity index (χ4n) is 1.99. The molecule has 0 N–H and O–H groups in total. The molecule has 1 aromatic heterocycles. The van der Waals surface area contributed by atoms with Gasteiger partial charge in [-0.05, 0) is 36.4 Å². The minimum atomic E-state index is -0.274. The van der Waals surface area contributed by atoms with Gasteiger partial charge in [0.1, 0.15) is 5.82 Å². The Bertz CT molecular complexity index is 786. The molecule has 4 heteroatoms. The molecule has 0 unspecified atom stereocenters. The number of nitrogens with zero attached hydrogens (tertiary/aromatic N) is 1. The molecular weight excluding hydrogens is 285 g/mol. The molecule has 0 saturated heterocycles. The zero-order valence-corrected chi connectivity index (χ0v) is 11.9. The van der Waals surface area contributed by atoms with Crippen LogP contribution in [0.1, 0.15) is 10.4 Å². The second kappa shape index (κ2) is 6.06. The highest BCUT2D eigenvalue weighted by Crippen LogP contribution is 2.20. The number of rotatable bonds is 4. The molecule has 0 saturated carbocycles. The van der Waals surface area contributed by atoms with Crippen molar-refractivity contribution in [3.63, 3.8) is 0 Å². The fraction of sp³-hybridized carbons (Fsp3) is 0.0588. The Balaban J connectivity index is 1.73. The number of Topliss-reactive ketones (excluding diaryl/α,β-unsaturated/α-hetero) is 1. The molecule has 0 fully saturated rings. The van der Waals surface area contributed by atoms with Gasteiger partial charge in [-0.2, -0.15) is 0 Å². The first-order chi connectivity index (χ1) is 10.2. The number of benzene rings is 2. The molecule has 104 valence electrons. The quantitative estimate of drug-likeness (QED) is 0.530.